The van der Waals surface area contributed by atoms with Crippen LogP contribution in [-0.4, -0.2) is 71.7 Å². The monoisotopic (exact) mass is 420 g/mol. The molecule has 1 unspecified atom stereocenters. The zero-order valence-corrected chi connectivity index (χ0v) is 17.4. The number of cyclic esters (lactones) is 1. The standard InChI is InChI=1S/C22H29ClN2O4/c23-19-4-2-1-3-16(19)13-20(27)25-11-7-22(8-12-25)14-18(29-21(22)28)15-24-9-5-17(26)6-10-24/h1-4,17-18,26H,5-15H2. The fourth-order valence-corrected chi connectivity index (χ4v) is 5.04. The van der Waals surface area contributed by atoms with Gasteiger partial charge in [0.25, 0.3) is 0 Å². The molecular weight excluding hydrogens is 392 g/mol. The van der Waals surface area contributed by atoms with Crippen molar-refractivity contribution in [3.63, 3.8) is 0 Å². The molecule has 0 radical (unpaired) electrons. The van der Waals surface area contributed by atoms with Crippen LogP contribution in [0.3, 0.4) is 0 Å². The number of ether oxygens (including phenoxy) is 1. The van der Waals surface area contributed by atoms with Gasteiger partial charge in [-0.25, -0.2) is 0 Å². The van der Waals surface area contributed by atoms with Crippen molar-refractivity contribution < 1.29 is 19.4 Å². The van der Waals surface area contributed by atoms with E-state index in [2.05, 4.69) is 4.90 Å². The molecule has 7 heteroatoms. The van der Waals surface area contributed by atoms with Gasteiger partial charge in [-0.1, -0.05) is 29.8 Å². The van der Waals surface area contributed by atoms with E-state index in [1.54, 1.807) is 6.07 Å². The number of likely N-dealkylation sites (tertiary alicyclic amines) is 2. The number of hydrogen-bond acceptors (Lipinski definition) is 5. The van der Waals surface area contributed by atoms with Gasteiger partial charge in [0.15, 0.2) is 0 Å². The van der Waals surface area contributed by atoms with Crippen molar-refractivity contribution in [1.82, 2.24) is 9.80 Å². The van der Waals surface area contributed by atoms with E-state index in [4.69, 9.17) is 16.3 Å². The highest BCUT2D eigenvalue weighted by Gasteiger charge is 2.51. The molecule has 1 aromatic rings. The number of carbonyl (C=O) groups is 2. The molecule has 158 valence electrons. The minimum atomic E-state index is -0.443. The average molecular weight is 421 g/mol. The highest BCUT2D eigenvalue weighted by Crippen LogP contribution is 2.43. The molecule has 4 rings (SSSR count). The Bertz CT molecular complexity index is 755. The summed E-state index contributed by atoms with van der Waals surface area (Å²) in [5, 5.41) is 10.3. The topological polar surface area (TPSA) is 70.1 Å². The van der Waals surface area contributed by atoms with Crippen LogP contribution >= 0.6 is 11.6 Å². The lowest BCUT2D eigenvalue weighted by molar-refractivity contribution is -0.153. The molecule has 3 fully saturated rings. The summed E-state index contributed by atoms with van der Waals surface area (Å²) >= 11 is 6.18. The van der Waals surface area contributed by atoms with E-state index in [1.165, 1.54) is 0 Å². The fourth-order valence-electron chi connectivity index (χ4n) is 4.84. The van der Waals surface area contributed by atoms with Crippen LogP contribution in [0.2, 0.25) is 5.02 Å². The van der Waals surface area contributed by atoms with Gasteiger partial charge in [0, 0.05) is 44.2 Å². The highest BCUT2D eigenvalue weighted by molar-refractivity contribution is 6.31. The summed E-state index contributed by atoms with van der Waals surface area (Å²) in [6, 6.07) is 7.42. The Balaban J connectivity index is 1.29. The van der Waals surface area contributed by atoms with Gasteiger partial charge in [0.05, 0.1) is 17.9 Å². The number of aliphatic hydroxyl groups excluding tert-OH is 1. The number of halogens is 1. The second-order valence-electron chi connectivity index (χ2n) is 8.69. The number of carbonyl (C=O) groups excluding carboxylic acids is 2. The van der Waals surface area contributed by atoms with Crippen LogP contribution in [0.25, 0.3) is 0 Å². The molecule has 3 saturated heterocycles. The second-order valence-corrected chi connectivity index (χ2v) is 9.10. The molecule has 3 aliphatic heterocycles. The quantitative estimate of drug-likeness (QED) is 0.756. The predicted octanol–water partition coefficient (Wildman–Crippen LogP) is 2.26. The maximum atomic E-state index is 12.7. The van der Waals surface area contributed by atoms with E-state index in [-0.39, 0.29) is 24.1 Å². The smallest absolute Gasteiger partial charge is 0.312 e. The van der Waals surface area contributed by atoms with Gasteiger partial charge in [-0.15, -0.1) is 0 Å². The summed E-state index contributed by atoms with van der Waals surface area (Å²) in [5.74, 6) is -0.0412. The summed E-state index contributed by atoms with van der Waals surface area (Å²) < 4.78 is 5.73. The summed E-state index contributed by atoms with van der Waals surface area (Å²) in [6.07, 6.45) is 3.64. The van der Waals surface area contributed by atoms with Crippen LogP contribution in [0.15, 0.2) is 24.3 Å². The molecule has 0 aliphatic carbocycles. The molecule has 1 atom stereocenters. The van der Waals surface area contributed by atoms with Crippen molar-refractivity contribution in [3.8, 4) is 0 Å². The van der Waals surface area contributed by atoms with Crippen LogP contribution in [0.4, 0.5) is 0 Å². The van der Waals surface area contributed by atoms with E-state index in [9.17, 15) is 14.7 Å². The number of esters is 1. The number of nitrogens with zero attached hydrogens (tertiary/aromatic N) is 2. The maximum Gasteiger partial charge on any atom is 0.312 e. The van der Waals surface area contributed by atoms with Gasteiger partial charge in [0.2, 0.25) is 5.91 Å². The SMILES string of the molecule is O=C(Cc1ccccc1Cl)N1CCC2(CC1)CC(CN1CCC(O)CC1)OC2=O. The van der Waals surface area contributed by atoms with Crippen molar-refractivity contribution in [2.45, 2.75) is 50.7 Å². The van der Waals surface area contributed by atoms with Crippen LogP contribution in [0, 0.1) is 5.41 Å². The first kappa shape index (κ1) is 20.6. The Morgan fingerprint density at radius 2 is 1.86 bits per heavy atom. The molecule has 0 bridgehead atoms. The minimum Gasteiger partial charge on any atom is -0.461 e. The van der Waals surface area contributed by atoms with Gasteiger partial charge in [-0.2, -0.15) is 0 Å². The molecule has 0 aromatic heterocycles. The lowest BCUT2D eigenvalue weighted by Crippen LogP contribution is -2.45. The summed E-state index contributed by atoms with van der Waals surface area (Å²) in [4.78, 5) is 29.5. The van der Waals surface area contributed by atoms with E-state index in [1.807, 2.05) is 23.1 Å². The summed E-state index contributed by atoms with van der Waals surface area (Å²) in [6.45, 7) is 3.62. The van der Waals surface area contributed by atoms with Crippen molar-refractivity contribution in [2.24, 2.45) is 5.41 Å². The summed E-state index contributed by atoms with van der Waals surface area (Å²) in [5.41, 5.74) is 0.396. The molecule has 1 N–H and O–H groups in total. The number of rotatable bonds is 4. The third-order valence-electron chi connectivity index (χ3n) is 6.72. The molecule has 3 heterocycles. The van der Waals surface area contributed by atoms with Crippen LogP contribution in [0.1, 0.15) is 37.7 Å². The lowest BCUT2D eigenvalue weighted by atomic mass is 9.76. The Kier molecular flexibility index (Phi) is 6.13. The first-order valence-corrected chi connectivity index (χ1v) is 11.0. The zero-order chi connectivity index (χ0) is 20.4. The molecule has 1 spiro atoms. The lowest BCUT2D eigenvalue weighted by Gasteiger charge is -2.37. The molecular formula is C22H29ClN2O4. The van der Waals surface area contributed by atoms with Crippen LogP contribution < -0.4 is 0 Å². The third kappa shape index (κ3) is 4.60. The van der Waals surface area contributed by atoms with E-state index >= 15 is 0 Å². The molecule has 6 nitrogen and oxygen atoms in total. The van der Waals surface area contributed by atoms with E-state index in [0.29, 0.717) is 37.4 Å². The fraction of sp³-hybridized carbons (Fsp3) is 0.636. The van der Waals surface area contributed by atoms with Gasteiger partial charge >= 0.3 is 5.97 Å². The normalized spacial score (nSPS) is 25.4. The zero-order valence-electron chi connectivity index (χ0n) is 16.7. The van der Waals surface area contributed by atoms with Gasteiger partial charge in [-0.3, -0.25) is 14.5 Å². The molecule has 0 saturated carbocycles. The number of hydrogen-bond donors (Lipinski definition) is 1. The number of piperidine rings is 2. The largest absolute Gasteiger partial charge is 0.461 e. The summed E-state index contributed by atoms with van der Waals surface area (Å²) in [7, 11) is 0. The molecule has 29 heavy (non-hydrogen) atoms. The average Bonchev–Trinajstić information content (AvgIpc) is 3.00. The predicted molar refractivity (Wildman–Crippen MR) is 110 cm³/mol. The number of aliphatic hydroxyl groups is 1. The maximum absolute atomic E-state index is 12.7. The van der Waals surface area contributed by atoms with Crippen LogP contribution in [-0.2, 0) is 20.7 Å². The van der Waals surface area contributed by atoms with Gasteiger partial charge in [0.1, 0.15) is 6.10 Å². The van der Waals surface area contributed by atoms with Gasteiger partial charge < -0.3 is 14.7 Å². The molecule has 3 aliphatic rings. The second kappa shape index (κ2) is 8.62. The highest BCUT2D eigenvalue weighted by atomic mass is 35.5. The van der Waals surface area contributed by atoms with Crippen molar-refractivity contribution >= 4 is 23.5 Å². The van der Waals surface area contributed by atoms with Crippen molar-refractivity contribution in [2.75, 3.05) is 32.7 Å². The van der Waals surface area contributed by atoms with Crippen molar-refractivity contribution in [1.29, 1.82) is 0 Å². The first-order chi connectivity index (χ1) is 13.9. The third-order valence-corrected chi connectivity index (χ3v) is 7.09. The number of benzene rings is 1. The Morgan fingerprint density at radius 1 is 1.17 bits per heavy atom. The Hall–Kier alpha value is -1.63. The van der Waals surface area contributed by atoms with E-state index in [0.717, 1.165) is 44.5 Å². The Labute approximate surface area is 176 Å². The number of amides is 1. The van der Waals surface area contributed by atoms with E-state index < -0.39 is 5.41 Å². The van der Waals surface area contributed by atoms with Crippen LogP contribution in [0.5, 0.6) is 0 Å². The van der Waals surface area contributed by atoms with Gasteiger partial charge in [-0.05, 0) is 37.3 Å². The minimum absolute atomic E-state index is 0.0581. The first-order valence-electron chi connectivity index (χ1n) is 10.6. The molecule has 1 aromatic carbocycles. The molecule has 1 amide bonds. The Morgan fingerprint density at radius 3 is 2.55 bits per heavy atom. The van der Waals surface area contributed by atoms with Crippen molar-refractivity contribution in [3.05, 3.63) is 34.9 Å².